The van der Waals surface area contributed by atoms with Gasteiger partial charge in [0.25, 0.3) is 0 Å². The molecule has 0 saturated carbocycles. The molecule has 0 unspecified atom stereocenters. The van der Waals surface area contributed by atoms with Gasteiger partial charge in [-0.3, -0.25) is 4.79 Å². The molecule has 0 atom stereocenters. The van der Waals surface area contributed by atoms with Gasteiger partial charge in [0.2, 0.25) is 5.95 Å². The lowest BCUT2D eigenvalue weighted by Gasteiger charge is -2.30. The van der Waals surface area contributed by atoms with Gasteiger partial charge in [0.15, 0.2) is 0 Å². The summed E-state index contributed by atoms with van der Waals surface area (Å²) in [7, 11) is 1.61. The van der Waals surface area contributed by atoms with Gasteiger partial charge in [-0.2, -0.15) is 4.68 Å². The van der Waals surface area contributed by atoms with Crippen LogP contribution in [0.3, 0.4) is 0 Å². The molecule has 0 bridgehead atoms. The molecule has 126 valence electrons. The first-order chi connectivity index (χ1) is 11.5. The standard InChI is InChI=1S/C14H16N6O4/c1-18-11(8-12(17-18)20(23)24)10-2-5-15-14(16-10)19-6-3-9(4-7-19)13(21)22/h2,5,8-9H,3-4,6-7H2,1H3,(H,21,22). The molecule has 0 aromatic carbocycles. The number of hydrogen-bond acceptors (Lipinski definition) is 7. The van der Waals surface area contributed by atoms with Crippen LogP contribution in [0.4, 0.5) is 11.8 Å². The van der Waals surface area contributed by atoms with E-state index in [1.54, 1.807) is 19.3 Å². The van der Waals surface area contributed by atoms with E-state index in [0.29, 0.717) is 43.3 Å². The third-order valence-electron chi connectivity index (χ3n) is 4.09. The van der Waals surface area contributed by atoms with Crippen molar-refractivity contribution >= 4 is 17.7 Å². The van der Waals surface area contributed by atoms with Crippen LogP contribution in [0.25, 0.3) is 11.4 Å². The summed E-state index contributed by atoms with van der Waals surface area (Å²) in [4.78, 5) is 31.9. The largest absolute Gasteiger partial charge is 0.481 e. The number of rotatable bonds is 4. The van der Waals surface area contributed by atoms with Crippen molar-refractivity contribution in [2.75, 3.05) is 18.0 Å². The highest BCUT2D eigenvalue weighted by Gasteiger charge is 2.26. The molecule has 10 heteroatoms. The van der Waals surface area contributed by atoms with Crippen molar-refractivity contribution in [3.05, 3.63) is 28.4 Å². The van der Waals surface area contributed by atoms with Crippen LogP contribution in [0.5, 0.6) is 0 Å². The number of nitro groups is 1. The van der Waals surface area contributed by atoms with Gasteiger partial charge in [-0.15, -0.1) is 0 Å². The SMILES string of the molecule is Cn1nc([N+](=O)[O-])cc1-c1ccnc(N2CCC(C(=O)O)CC2)n1. The first kappa shape index (κ1) is 15.8. The molecule has 1 N–H and O–H groups in total. The fourth-order valence-electron chi connectivity index (χ4n) is 2.75. The highest BCUT2D eigenvalue weighted by molar-refractivity contribution is 5.70. The smallest absolute Gasteiger partial charge is 0.390 e. The van der Waals surface area contributed by atoms with E-state index in [-0.39, 0.29) is 11.7 Å². The molecular weight excluding hydrogens is 316 g/mol. The average Bonchev–Trinajstić information content (AvgIpc) is 2.97. The summed E-state index contributed by atoms with van der Waals surface area (Å²) < 4.78 is 1.40. The number of piperidine rings is 1. The molecular formula is C14H16N6O4. The van der Waals surface area contributed by atoms with Gasteiger partial charge in [0.05, 0.1) is 29.8 Å². The zero-order chi connectivity index (χ0) is 17.3. The van der Waals surface area contributed by atoms with E-state index in [1.807, 2.05) is 4.90 Å². The van der Waals surface area contributed by atoms with Crippen LogP contribution in [0, 0.1) is 16.0 Å². The van der Waals surface area contributed by atoms with Gasteiger partial charge < -0.3 is 20.1 Å². The molecule has 3 rings (SSSR count). The first-order valence-electron chi connectivity index (χ1n) is 7.45. The molecule has 1 aliphatic heterocycles. The molecule has 0 spiro atoms. The molecule has 3 heterocycles. The summed E-state index contributed by atoms with van der Waals surface area (Å²) in [6.07, 6.45) is 2.67. The maximum Gasteiger partial charge on any atom is 0.390 e. The van der Waals surface area contributed by atoms with Crippen molar-refractivity contribution in [3.63, 3.8) is 0 Å². The van der Waals surface area contributed by atoms with Crippen molar-refractivity contribution in [2.45, 2.75) is 12.8 Å². The highest BCUT2D eigenvalue weighted by atomic mass is 16.6. The van der Waals surface area contributed by atoms with Crippen LogP contribution < -0.4 is 4.90 Å². The van der Waals surface area contributed by atoms with Crippen molar-refractivity contribution in [3.8, 4) is 11.4 Å². The van der Waals surface area contributed by atoms with Crippen molar-refractivity contribution in [1.82, 2.24) is 19.7 Å². The predicted molar refractivity (Wildman–Crippen MR) is 83.5 cm³/mol. The van der Waals surface area contributed by atoms with E-state index < -0.39 is 10.9 Å². The van der Waals surface area contributed by atoms with Gasteiger partial charge in [0, 0.05) is 19.3 Å². The minimum Gasteiger partial charge on any atom is -0.481 e. The number of aromatic nitrogens is 4. The minimum atomic E-state index is -0.772. The Bertz CT molecular complexity index is 781. The second-order valence-electron chi connectivity index (χ2n) is 5.61. The van der Waals surface area contributed by atoms with Crippen LogP contribution in [0.1, 0.15) is 12.8 Å². The molecule has 0 amide bonds. The maximum atomic E-state index is 11.0. The lowest BCUT2D eigenvalue weighted by molar-refractivity contribution is -0.389. The van der Waals surface area contributed by atoms with Crippen LogP contribution in [-0.4, -0.2) is 48.8 Å². The summed E-state index contributed by atoms with van der Waals surface area (Å²) >= 11 is 0. The van der Waals surface area contributed by atoms with Gasteiger partial charge in [-0.05, 0) is 23.8 Å². The number of hydrogen-bond donors (Lipinski definition) is 1. The van der Waals surface area contributed by atoms with Gasteiger partial charge >= 0.3 is 11.8 Å². The number of aliphatic carboxylic acids is 1. The summed E-state index contributed by atoms with van der Waals surface area (Å²) in [6.45, 7) is 1.12. The van der Waals surface area contributed by atoms with E-state index in [4.69, 9.17) is 5.11 Å². The molecule has 0 aliphatic carbocycles. The fraction of sp³-hybridized carbons (Fsp3) is 0.429. The highest BCUT2D eigenvalue weighted by Crippen LogP contribution is 2.25. The Morgan fingerprint density at radius 1 is 1.42 bits per heavy atom. The van der Waals surface area contributed by atoms with E-state index in [9.17, 15) is 14.9 Å². The Balaban J connectivity index is 1.83. The Morgan fingerprint density at radius 3 is 2.71 bits per heavy atom. The van der Waals surface area contributed by atoms with Gasteiger partial charge in [0.1, 0.15) is 5.69 Å². The third-order valence-corrected chi connectivity index (χ3v) is 4.09. The number of carboxylic acids is 1. The van der Waals surface area contributed by atoms with Crippen molar-refractivity contribution in [2.24, 2.45) is 13.0 Å². The molecule has 0 radical (unpaired) electrons. The van der Waals surface area contributed by atoms with E-state index >= 15 is 0 Å². The molecule has 1 aliphatic rings. The minimum absolute atomic E-state index is 0.241. The van der Waals surface area contributed by atoms with Gasteiger partial charge in [-0.1, -0.05) is 0 Å². The number of nitrogens with zero attached hydrogens (tertiary/aromatic N) is 6. The monoisotopic (exact) mass is 332 g/mol. The molecule has 1 saturated heterocycles. The summed E-state index contributed by atoms with van der Waals surface area (Å²) in [6, 6.07) is 3.02. The Labute approximate surface area is 136 Å². The third kappa shape index (κ3) is 3.03. The second-order valence-corrected chi connectivity index (χ2v) is 5.61. The summed E-state index contributed by atoms with van der Waals surface area (Å²) in [5.74, 6) is -0.856. The fourth-order valence-corrected chi connectivity index (χ4v) is 2.75. The van der Waals surface area contributed by atoms with E-state index in [1.165, 1.54) is 10.7 Å². The Morgan fingerprint density at radius 2 is 2.12 bits per heavy atom. The van der Waals surface area contributed by atoms with Crippen LogP contribution in [0.2, 0.25) is 0 Å². The number of aryl methyl sites for hydroxylation is 1. The quantitative estimate of drug-likeness (QED) is 0.651. The van der Waals surface area contributed by atoms with Crippen molar-refractivity contribution in [1.29, 1.82) is 0 Å². The number of carbonyl (C=O) groups is 1. The summed E-state index contributed by atoms with van der Waals surface area (Å²) in [5.41, 5.74) is 1.05. The van der Waals surface area contributed by atoms with Crippen LogP contribution in [0.15, 0.2) is 18.3 Å². The van der Waals surface area contributed by atoms with Crippen LogP contribution >= 0.6 is 0 Å². The second kappa shape index (κ2) is 6.22. The maximum absolute atomic E-state index is 11.0. The topological polar surface area (TPSA) is 127 Å². The van der Waals surface area contributed by atoms with E-state index in [2.05, 4.69) is 15.1 Å². The Hall–Kier alpha value is -3.04. The number of carboxylic acid groups (broad SMARTS) is 1. The zero-order valence-electron chi connectivity index (χ0n) is 13.0. The van der Waals surface area contributed by atoms with Crippen LogP contribution in [-0.2, 0) is 11.8 Å². The Kier molecular flexibility index (Phi) is 4.11. The molecule has 1 fully saturated rings. The van der Waals surface area contributed by atoms with Crippen molar-refractivity contribution < 1.29 is 14.8 Å². The average molecular weight is 332 g/mol. The first-order valence-corrected chi connectivity index (χ1v) is 7.45. The van der Waals surface area contributed by atoms with Gasteiger partial charge in [-0.25, -0.2) is 9.97 Å². The molecule has 10 nitrogen and oxygen atoms in total. The number of anilines is 1. The predicted octanol–water partition coefficient (Wildman–Crippen LogP) is 1.09. The molecule has 2 aromatic heterocycles. The molecule has 2 aromatic rings. The van der Waals surface area contributed by atoms with E-state index in [0.717, 1.165) is 0 Å². The lowest BCUT2D eigenvalue weighted by Crippen LogP contribution is -2.37. The zero-order valence-corrected chi connectivity index (χ0v) is 13.0. The summed E-state index contributed by atoms with van der Waals surface area (Å²) in [5, 5.41) is 23.7. The normalized spacial score (nSPS) is 15.5. The lowest BCUT2D eigenvalue weighted by atomic mass is 9.97. The molecule has 24 heavy (non-hydrogen) atoms.